The van der Waals surface area contributed by atoms with Crippen LogP contribution in [0.15, 0.2) is 48.5 Å². The molecule has 28 heavy (non-hydrogen) atoms. The Kier molecular flexibility index (Phi) is 6.02. The summed E-state index contributed by atoms with van der Waals surface area (Å²) in [6.45, 7) is 3.81. The largest absolute Gasteiger partial charge is 0.486 e. The van der Waals surface area contributed by atoms with Crippen LogP contribution in [0.25, 0.3) is 11.1 Å². The second-order valence-electron chi connectivity index (χ2n) is 6.95. The van der Waals surface area contributed by atoms with E-state index in [0.29, 0.717) is 17.9 Å². The second-order valence-corrected chi connectivity index (χ2v) is 9.21. The fourth-order valence-corrected chi connectivity index (χ4v) is 3.86. The molecule has 0 aliphatic carbocycles. The van der Waals surface area contributed by atoms with E-state index in [1.165, 1.54) is 0 Å². The van der Waals surface area contributed by atoms with E-state index in [-0.39, 0.29) is 6.61 Å². The quantitative estimate of drug-likeness (QED) is 0.733. The molecular formula is C20H24N2O5S. The first-order chi connectivity index (χ1) is 13.3. The molecule has 0 spiro atoms. The van der Waals surface area contributed by atoms with Crippen molar-refractivity contribution in [2.24, 2.45) is 5.73 Å². The Morgan fingerprint density at radius 2 is 1.82 bits per heavy atom. The normalized spacial score (nSPS) is 19.7. The lowest BCUT2D eigenvalue weighted by atomic mass is 9.99. The van der Waals surface area contributed by atoms with Crippen molar-refractivity contribution in [3.63, 3.8) is 0 Å². The molecule has 8 heteroatoms. The molecule has 3 rings (SSSR count). The Bertz CT molecular complexity index is 941. The molecule has 1 saturated heterocycles. The third-order valence-electron chi connectivity index (χ3n) is 4.61. The van der Waals surface area contributed by atoms with E-state index in [1.54, 1.807) is 38.1 Å². The van der Waals surface area contributed by atoms with E-state index < -0.39 is 33.3 Å². The summed E-state index contributed by atoms with van der Waals surface area (Å²) in [6.07, 6.45) is -0.419. The van der Waals surface area contributed by atoms with Crippen LogP contribution in [0, 0.1) is 0 Å². The fraction of sp³-hybridized carbons (Fsp3) is 0.350. The molecular weight excluding hydrogens is 380 g/mol. The highest BCUT2D eigenvalue weighted by Crippen LogP contribution is 2.27. The molecule has 0 unspecified atom stereocenters. The van der Waals surface area contributed by atoms with Crippen LogP contribution in [0.1, 0.15) is 24.2 Å². The van der Waals surface area contributed by atoms with E-state index in [1.807, 2.05) is 24.3 Å². The molecule has 0 aromatic heterocycles. The third kappa shape index (κ3) is 4.52. The average molecular weight is 404 g/mol. The van der Waals surface area contributed by atoms with Crippen molar-refractivity contribution < 1.29 is 22.7 Å². The monoisotopic (exact) mass is 404 g/mol. The van der Waals surface area contributed by atoms with E-state index >= 15 is 0 Å². The highest BCUT2D eigenvalue weighted by Gasteiger charge is 2.34. The first-order valence-electron chi connectivity index (χ1n) is 9.03. The molecule has 2 aromatic rings. The molecule has 1 aliphatic rings. The molecule has 1 heterocycles. The smallest absolute Gasteiger partial charge is 0.249 e. The summed E-state index contributed by atoms with van der Waals surface area (Å²) in [5.41, 5.74) is 7.47. The van der Waals surface area contributed by atoms with Gasteiger partial charge in [0, 0.05) is 5.56 Å². The van der Waals surface area contributed by atoms with Crippen LogP contribution in [0.4, 0.5) is 0 Å². The lowest BCUT2D eigenvalue weighted by Crippen LogP contribution is -2.47. The molecule has 1 fully saturated rings. The molecule has 0 bridgehead atoms. The van der Waals surface area contributed by atoms with Gasteiger partial charge in [0.05, 0.1) is 24.5 Å². The van der Waals surface area contributed by atoms with Crippen molar-refractivity contribution in [3.8, 4) is 16.9 Å². The SMILES string of the molecule is CC(C)S(=O)(=O)N[C@H]1COC[C@H]1Oc1ccc(-c2ccccc2C(N)=O)cc1. The summed E-state index contributed by atoms with van der Waals surface area (Å²) in [5, 5.41) is -0.529. The van der Waals surface area contributed by atoms with Gasteiger partial charge in [-0.25, -0.2) is 13.1 Å². The molecule has 0 saturated carbocycles. The predicted molar refractivity (Wildman–Crippen MR) is 107 cm³/mol. The van der Waals surface area contributed by atoms with Gasteiger partial charge in [0.2, 0.25) is 15.9 Å². The van der Waals surface area contributed by atoms with Crippen LogP contribution in [-0.4, -0.2) is 44.9 Å². The maximum atomic E-state index is 12.1. The highest BCUT2D eigenvalue weighted by atomic mass is 32.2. The number of hydrogen-bond donors (Lipinski definition) is 2. The summed E-state index contributed by atoms with van der Waals surface area (Å²) >= 11 is 0. The van der Waals surface area contributed by atoms with Gasteiger partial charge in [-0.05, 0) is 43.2 Å². The molecule has 1 amide bonds. The lowest BCUT2D eigenvalue weighted by molar-refractivity contribution is 0.100. The van der Waals surface area contributed by atoms with Crippen LogP contribution in [0.2, 0.25) is 0 Å². The van der Waals surface area contributed by atoms with Crippen LogP contribution in [0.3, 0.4) is 0 Å². The number of nitrogens with one attached hydrogen (secondary N) is 1. The zero-order valence-electron chi connectivity index (χ0n) is 15.8. The molecule has 1 aliphatic heterocycles. The lowest BCUT2D eigenvalue weighted by Gasteiger charge is -2.21. The molecule has 2 aromatic carbocycles. The number of amides is 1. The van der Waals surface area contributed by atoms with E-state index in [2.05, 4.69) is 4.72 Å². The van der Waals surface area contributed by atoms with Crippen LogP contribution < -0.4 is 15.2 Å². The van der Waals surface area contributed by atoms with E-state index in [4.69, 9.17) is 15.2 Å². The molecule has 0 radical (unpaired) electrons. The molecule has 150 valence electrons. The van der Waals surface area contributed by atoms with Crippen molar-refractivity contribution in [1.29, 1.82) is 0 Å². The Hall–Kier alpha value is -2.42. The van der Waals surface area contributed by atoms with Crippen LogP contribution in [-0.2, 0) is 14.8 Å². The van der Waals surface area contributed by atoms with Gasteiger partial charge in [0.15, 0.2) is 0 Å². The summed E-state index contributed by atoms with van der Waals surface area (Å²) in [4.78, 5) is 11.6. The number of carbonyl (C=O) groups is 1. The molecule has 7 nitrogen and oxygen atoms in total. The summed E-state index contributed by atoms with van der Waals surface area (Å²) in [6, 6.07) is 13.9. The Labute approximate surface area is 164 Å². The van der Waals surface area contributed by atoms with Gasteiger partial charge in [-0.1, -0.05) is 30.3 Å². The fourth-order valence-electron chi connectivity index (χ4n) is 2.95. The van der Waals surface area contributed by atoms with Gasteiger partial charge in [-0.15, -0.1) is 0 Å². The van der Waals surface area contributed by atoms with Gasteiger partial charge in [0.25, 0.3) is 0 Å². The van der Waals surface area contributed by atoms with E-state index in [9.17, 15) is 13.2 Å². The maximum absolute atomic E-state index is 12.1. The number of benzene rings is 2. The van der Waals surface area contributed by atoms with Gasteiger partial charge >= 0.3 is 0 Å². The van der Waals surface area contributed by atoms with E-state index in [0.717, 1.165) is 11.1 Å². The minimum atomic E-state index is -3.42. The third-order valence-corrected chi connectivity index (χ3v) is 6.48. The number of carbonyl (C=O) groups excluding carboxylic acids is 1. The van der Waals surface area contributed by atoms with Crippen molar-refractivity contribution in [1.82, 2.24) is 4.72 Å². The zero-order valence-corrected chi connectivity index (χ0v) is 16.6. The number of primary amides is 1. The summed E-state index contributed by atoms with van der Waals surface area (Å²) < 4.78 is 38.2. The number of ether oxygens (including phenoxy) is 2. The van der Waals surface area contributed by atoms with Crippen molar-refractivity contribution in [3.05, 3.63) is 54.1 Å². The van der Waals surface area contributed by atoms with Gasteiger partial charge in [-0.3, -0.25) is 4.79 Å². The van der Waals surface area contributed by atoms with Crippen LogP contribution in [0.5, 0.6) is 5.75 Å². The Balaban J connectivity index is 1.73. The van der Waals surface area contributed by atoms with Gasteiger partial charge < -0.3 is 15.2 Å². The van der Waals surface area contributed by atoms with Crippen molar-refractivity contribution >= 4 is 15.9 Å². The molecule has 3 N–H and O–H groups in total. The topological polar surface area (TPSA) is 108 Å². The number of hydrogen-bond acceptors (Lipinski definition) is 5. The average Bonchev–Trinajstić information content (AvgIpc) is 3.08. The maximum Gasteiger partial charge on any atom is 0.249 e. The van der Waals surface area contributed by atoms with Crippen LogP contribution >= 0.6 is 0 Å². The van der Waals surface area contributed by atoms with Crippen molar-refractivity contribution in [2.75, 3.05) is 13.2 Å². The summed E-state index contributed by atoms with van der Waals surface area (Å²) in [5.74, 6) is 0.101. The first-order valence-corrected chi connectivity index (χ1v) is 10.6. The Morgan fingerprint density at radius 1 is 1.14 bits per heavy atom. The van der Waals surface area contributed by atoms with Crippen molar-refractivity contribution in [2.45, 2.75) is 31.2 Å². The summed E-state index contributed by atoms with van der Waals surface area (Å²) in [7, 11) is -3.42. The second kappa shape index (κ2) is 8.30. The standard InChI is InChI=1S/C20H24N2O5S/c1-13(2)28(24,25)22-18-11-26-12-19(18)27-15-9-7-14(8-10-15)16-5-3-4-6-17(16)20(21)23/h3-10,13,18-19,22H,11-12H2,1-2H3,(H2,21,23)/t18-,19+/m0/s1. The van der Waals surface area contributed by atoms with Gasteiger partial charge in [0.1, 0.15) is 11.9 Å². The van der Waals surface area contributed by atoms with Gasteiger partial charge in [-0.2, -0.15) is 0 Å². The highest BCUT2D eigenvalue weighted by molar-refractivity contribution is 7.90. The first kappa shape index (κ1) is 20.3. The number of nitrogens with two attached hydrogens (primary N) is 1. The number of rotatable bonds is 7. The minimum Gasteiger partial charge on any atom is -0.486 e. The Morgan fingerprint density at radius 3 is 2.46 bits per heavy atom. The minimum absolute atomic E-state index is 0.265. The predicted octanol–water partition coefficient (Wildman–Crippen LogP) is 1.93. The molecule has 2 atom stereocenters. The zero-order chi connectivity index (χ0) is 20.3. The number of sulfonamides is 1.